The van der Waals surface area contributed by atoms with Gasteiger partial charge in [-0.05, 0) is 38.3 Å². The number of aromatic amines is 1. The Bertz CT molecular complexity index is 842. The fourth-order valence-corrected chi connectivity index (χ4v) is 3.98. The molecule has 1 aliphatic carbocycles. The molecule has 1 aromatic heterocycles. The molecule has 1 aromatic carbocycles. The van der Waals surface area contributed by atoms with Gasteiger partial charge in [0.25, 0.3) is 0 Å². The maximum absolute atomic E-state index is 12.6. The first-order chi connectivity index (χ1) is 11.6. The fraction of sp³-hybridized carbons (Fsp3) is 0.474. The molecule has 0 unspecified atom stereocenters. The number of aryl methyl sites for hydroxylation is 1. The minimum atomic E-state index is 0.0253. The third kappa shape index (κ3) is 2.63. The van der Waals surface area contributed by atoms with E-state index in [0.29, 0.717) is 35.8 Å². The second kappa shape index (κ2) is 6.06. The van der Waals surface area contributed by atoms with Crippen molar-refractivity contribution in [1.29, 1.82) is 0 Å². The van der Waals surface area contributed by atoms with E-state index in [1.54, 1.807) is 0 Å². The zero-order chi connectivity index (χ0) is 16.7. The van der Waals surface area contributed by atoms with E-state index < -0.39 is 0 Å². The van der Waals surface area contributed by atoms with Crippen LogP contribution in [0.4, 0.5) is 0 Å². The number of hydrogen-bond acceptors (Lipinski definition) is 3. The molecule has 0 spiro atoms. The normalized spacial score (nSPS) is 25.3. The van der Waals surface area contributed by atoms with Gasteiger partial charge < -0.3 is 15.0 Å². The smallest absolute Gasteiger partial charge is 0.220 e. The number of fused-ring (bicyclic) bond motifs is 2. The molecular formula is C19H22N2O3. The highest BCUT2D eigenvalue weighted by atomic mass is 16.5. The Morgan fingerprint density at radius 2 is 2.21 bits per heavy atom. The van der Waals surface area contributed by atoms with Crippen LogP contribution in [-0.4, -0.2) is 29.6 Å². The zero-order valence-electron chi connectivity index (χ0n) is 13.8. The molecule has 0 bridgehead atoms. The van der Waals surface area contributed by atoms with Gasteiger partial charge in [-0.15, -0.1) is 0 Å². The third-order valence-corrected chi connectivity index (χ3v) is 5.43. The molecule has 126 valence electrons. The molecule has 2 heterocycles. The van der Waals surface area contributed by atoms with Crippen molar-refractivity contribution in [1.82, 2.24) is 10.3 Å². The molecule has 24 heavy (non-hydrogen) atoms. The Balaban J connectivity index is 1.43. The number of para-hydroxylation sites is 1. The predicted octanol–water partition coefficient (Wildman–Crippen LogP) is 2.06. The Kier molecular flexibility index (Phi) is 3.88. The first kappa shape index (κ1) is 15.4. The topological polar surface area (TPSA) is 71.2 Å². The summed E-state index contributed by atoms with van der Waals surface area (Å²) in [6.45, 7) is 2.71. The highest BCUT2D eigenvalue weighted by Crippen LogP contribution is 2.38. The second-order valence-corrected chi connectivity index (χ2v) is 6.87. The number of nitrogens with one attached hydrogen (secondary N) is 2. The summed E-state index contributed by atoms with van der Waals surface area (Å²) >= 11 is 0. The van der Waals surface area contributed by atoms with Gasteiger partial charge in [0.1, 0.15) is 0 Å². The number of pyridine rings is 1. The van der Waals surface area contributed by atoms with Gasteiger partial charge in [0.2, 0.25) is 5.91 Å². The van der Waals surface area contributed by atoms with Crippen LogP contribution in [0.25, 0.3) is 10.9 Å². The maximum Gasteiger partial charge on any atom is 0.220 e. The number of carbonyl (C=O) groups excluding carboxylic acids is 1. The van der Waals surface area contributed by atoms with Crippen molar-refractivity contribution in [2.75, 3.05) is 6.61 Å². The van der Waals surface area contributed by atoms with Crippen LogP contribution in [0, 0.1) is 12.8 Å². The van der Waals surface area contributed by atoms with Crippen LogP contribution in [0.3, 0.4) is 0 Å². The van der Waals surface area contributed by atoms with E-state index >= 15 is 0 Å². The lowest BCUT2D eigenvalue weighted by atomic mass is 9.76. The highest BCUT2D eigenvalue weighted by Gasteiger charge is 2.45. The number of rotatable bonds is 4. The van der Waals surface area contributed by atoms with Gasteiger partial charge in [0.15, 0.2) is 5.43 Å². The van der Waals surface area contributed by atoms with Gasteiger partial charge in [-0.3, -0.25) is 9.59 Å². The Morgan fingerprint density at radius 1 is 1.38 bits per heavy atom. The van der Waals surface area contributed by atoms with Crippen molar-refractivity contribution in [2.24, 2.45) is 5.92 Å². The molecule has 2 aromatic rings. The number of H-pyrrole nitrogens is 1. The molecule has 1 amide bonds. The quantitative estimate of drug-likeness (QED) is 0.903. The van der Waals surface area contributed by atoms with Gasteiger partial charge in [0.05, 0.1) is 6.10 Å². The summed E-state index contributed by atoms with van der Waals surface area (Å²) in [4.78, 5) is 28.1. The number of carbonyl (C=O) groups is 1. The Morgan fingerprint density at radius 3 is 3.04 bits per heavy atom. The van der Waals surface area contributed by atoms with Crippen LogP contribution in [0.2, 0.25) is 0 Å². The van der Waals surface area contributed by atoms with E-state index in [1.165, 1.54) is 0 Å². The van der Waals surface area contributed by atoms with Gasteiger partial charge in [0, 0.05) is 47.1 Å². The van der Waals surface area contributed by atoms with E-state index in [4.69, 9.17) is 4.74 Å². The van der Waals surface area contributed by atoms with E-state index in [1.807, 2.05) is 31.2 Å². The number of benzene rings is 1. The van der Waals surface area contributed by atoms with Crippen LogP contribution in [0.5, 0.6) is 0 Å². The number of ether oxygens (including phenoxy) is 1. The lowest BCUT2D eigenvalue weighted by molar-refractivity contribution is -0.124. The lowest BCUT2D eigenvalue weighted by Gasteiger charge is -2.39. The summed E-state index contributed by atoms with van der Waals surface area (Å²) in [5.74, 6) is 0.511. The summed E-state index contributed by atoms with van der Waals surface area (Å²) in [7, 11) is 0. The van der Waals surface area contributed by atoms with E-state index in [2.05, 4.69) is 10.3 Å². The lowest BCUT2D eigenvalue weighted by Crippen LogP contribution is -2.53. The summed E-state index contributed by atoms with van der Waals surface area (Å²) in [5, 5.41) is 3.79. The highest BCUT2D eigenvalue weighted by molar-refractivity contribution is 5.80. The maximum atomic E-state index is 12.6. The van der Waals surface area contributed by atoms with Crippen LogP contribution in [0.15, 0.2) is 29.1 Å². The molecule has 2 aliphatic rings. The SMILES string of the molecule is Cc1[nH]c2ccccc2c(=O)c1CCC(=O)N[C@@H]1C[C@H]2OCC[C@@H]12. The summed E-state index contributed by atoms with van der Waals surface area (Å²) < 4.78 is 5.57. The molecule has 3 atom stereocenters. The van der Waals surface area contributed by atoms with Crippen molar-refractivity contribution < 1.29 is 9.53 Å². The van der Waals surface area contributed by atoms with Crippen LogP contribution < -0.4 is 10.7 Å². The molecule has 0 radical (unpaired) electrons. The predicted molar refractivity (Wildman–Crippen MR) is 92.0 cm³/mol. The zero-order valence-corrected chi connectivity index (χ0v) is 13.8. The molecule has 5 nitrogen and oxygen atoms in total. The first-order valence-electron chi connectivity index (χ1n) is 8.65. The minimum absolute atomic E-state index is 0.0253. The van der Waals surface area contributed by atoms with Gasteiger partial charge >= 0.3 is 0 Å². The average Bonchev–Trinajstić information content (AvgIpc) is 2.93. The van der Waals surface area contributed by atoms with Crippen LogP contribution >= 0.6 is 0 Å². The van der Waals surface area contributed by atoms with E-state index in [-0.39, 0.29) is 17.4 Å². The van der Waals surface area contributed by atoms with Gasteiger partial charge in [-0.2, -0.15) is 0 Å². The van der Waals surface area contributed by atoms with E-state index in [0.717, 1.165) is 30.7 Å². The molecule has 2 N–H and O–H groups in total. The molecule has 4 rings (SSSR count). The number of hydrogen-bond donors (Lipinski definition) is 2. The van der Waals surface area contributed by atoms with Crippen molar-refractivity contribution in [3.63, 3.8) is 0 Å². The van der Waals surface area contributed by atoms with Crippen LogP contribution in [0.1, 0.15) is 30.5 Å². The molecule has 1 saturated heterocycles. The monoisotopic (exact) mass is 326 g/mol. The molecule has 1 aliphatic heterocycles. The van der Waals surface area contributed by atoms with Crippen molar-refractivity contribution in [3.05, 3.63) is 45.7 Å². The summed E-state index contributed by atoms with van der Waals surface area (Å²) in [6, 6.07) is 7.74. The summed E-state index contributed by atoms with van der Waals surface area (Å²) in [6.07, 6.45) is 3.12. The number of amides is 1. The molecule has 5 heteroatoms. The fourth-order valence-electron chi connectivity index (χ4n) is 3.98. The molecule has 1 saturated carbocycles. The molecular weight excluding hydrogens is 304 g/mol. The largest absolute Gasteiger partial charge is 0.378 e. The Hall–Kier alpha value is -2.14. The number of aromatic nitrogens is 1. The van der Waals surface area contributed by atoms with Gasteiger partial charge in [-0.1, -0.05) is 12.1 Å². The second-order valence-electron chi connectivity index (χ2n) is 6.87. The first-order valence-corrected chi connectivity index (χ1v) is 8.65. The average molecular weight is 326 g/mol. The Labute approximate surface area is 140 Å². The standard InChI is InChI=1S/C19H22N2O3/c1-11-12(19(23)14-4-2-3-5-15(14)20-11)6-7-18(22)21-16-10-17-13(16)8-9-24-17/h2-5,13,16-17H,6-10H2,1H3,(H,20,23)(H,21,22)/t13-,16+,17+/m0/s1. The van der Waals surface area contributed by atoms with Crippen molar-refractivity contribution >= 4 is 16.8 Å². The van der Waals surface area contributed by atoms with Crippen molar-refractivity contribution in [2.45, 2.75) is 44.8 Å². The van der Waals surface area contributed by atoms with Crippen molar-refractivity contribution in [3.8, 4) is 0 Å². The third-order valence-electron chi connectivity index (χ3n) is 5.43. The van der Waals surface area contributed by atoms with Gasteiger partial charge in [-0.25, -0.2) is 0 Å². The molecule has 2 fully saturated rings. The van der Waals surface area contributed by atoms with Crippen LogP contribution in [-0.2, 0) is 16.0 Å². The van der Waals surface area contributed by atoms with E-state index in [9.17, 15) is 9.59 Å². The summed E-state index contributed by atoms with van der Waals surface area (Å²) in [5.41, 5.74) is 2.43. The minimum Gasteiger partial charge on any atom is -0.378 e.